The molecule has 2 aliphatic rings. The molecule has 0 unspecified atom stereocenters. The minimum absolute atomic E-state index is 0.409. The Morgan fingerprint density at radius 2 is 1.93 bits per heavy atom. The van der Waals surface area contributed by atoms with E-state index in [4.69, 9.17) is 27.2 Å². The second-order valence-electron chi connectivity index (χ2n) is 6.92. The van der Waals surface area contributed by atoms with Crippen LogP contribution >= 0.6 is 6.34 Å². The van der Waals surface area contributed by atoms with Crippen LogP contribution in [0.1, 0.15) is 30.5 Å². The van der Waals surface area contributed by atoms with Crippen LogP contribution in [0.4, 0.5) is 5.82 Å². The third-order valence-electron chi connectivity index (χ3n) is 5.22. The van der Waals surface area contributed by atoms with Crippen molar-refractivity contribution in [2.45, 2.75) is 32.7 Å². The second-order valence-corrected chi connectivity index (χ2v) is 11.1. The Hall–Kier alpha value is -2.00. The Morgan fingerprint density at radius 1 is 1.22 bits per heavy atom. The third kappa shape index (κ3) is 2.93. The lowest BCUT2D eigenvalue weighted by Crippen LogP contribution is -2.40. The van der Waals surface area contributed by atoms with E-state index in [1.54, 1.807) is 0 Å². The van der Waals surface area contributed by atoms with Crippen molar-refractivity contribution >= 4 is 35.1 Å². The monoisotopic (exact) mass is 398 g/mol. The van der Waals surface area contributed by atoms with E-state index >= 15 is 0 Å². The van der Waals surface area contributed by atoms with Crippen molar-refractivity contribution in [3.8, 4) is 6.07 Å². The minimum Gasteiger partial charge on any atom is -0.316 e. The summed E-state index contributed by atoms with van der Waals surface area (Å²) >= 11 is 6.45. The number of amidine groups is 1. The maximum Gasteiger partial charge on any atom is 0.164 e. The lowest BCUT2D eigenvalue weighted by molar-refractivity contribution is 0.538. The fourth-order valence-corrected chi connectivity index (χ4v) is 8.38. The molecule has 1 aromatic carbocycles. The first-order valence-electron chi connectivity index (χ1n) is 9.26. The quantitative estimate of drug-likeness (QED) is 0.741. The van der Waals surface area contributed by atoms with Gasteiger partial charge in [-0.1, -0.05) is 42.1 Å². The summed E-state index contributed by atoms with van der Waals surface area (Å²) in [6, 6.07) is 12.4. The van der Waals surface area contributed by atoms with Gasteiger partial charge in [-0.3, -0.25) is 4.67 Å². The van der Waals surface area contributed by atoms with Crippen molar-refractivity contribution in [2.24, 2.45) is 4.99 Å². The molecule has 1 atom stereocenters. The molecule has 0 bridgehead atoms. The predicted octanol–water partition coefficient (Wildman–Crippen LogP) is 3.16. The van der Waals surface area contributed by atoms with Crippen LogP contribution in [0, 0.1) is 18.3 Å². The maximum absolute atomic E-state index is 9.03. The molecule has 140 valence electrons. The summed E-state index contributed by atoms with van der Waals surface area (Å²) < 4.78 is 6.58. The SMILES string of the molecule is Cc1nn(CCC#N)c2c1[P@@](=S)(N1CCCC1)N(C)C(c1ccccc1)=N2. The van der Waals surface area contributed by atoms with Crippen LogP contribution in [-0.2, 0) is 18.4 Å². The number of fused-ring (bicyclic) bond motifs is 1. The average molecular weight is 398 g/mol. The van der Waals surface area contributed by atoms with Gasteiger partial charge in [0.15, 0.2) is 5.82 Å². The molecule has 3 heterocycles. The van der Waals surface area contributed by atoms with E-state index in [0.29, 0.717) is 13.0 Å². The lowest BCUT2D eigenvalue weighted by Gasteiger charge is -2.42. The zero-order valence-corrected chi connectivity index (χ0v) is 17.4. The van der Waals surface area contributed by atoms with Crippen LogP contribution in [-0.4, -0.2) is 45.1 Å². The van der Waals surface area contributed by atoms with Gasteiger partial charge in [-0.25, -0.2) is 9.67 Å². The van der Waals surface area contributed by atoms with E-state index in [2.05, 4.69) is 34.6 Å². The van der Waals surface area contributed by atoms with E-state index < -0.39 is 6.34 Å². The Morgan fingerprint density at radius 3 is 2.59 bits per heavy atom. The number of rotatable bonds is 4. The Labute approximate surface area is 165 Å². The highest BCUT2D eigenvalue weighted by atomic mass is 32.4. The molecule has 1 saturated heterocycles. The minimum atomic E-state index is -2.21. The van der Waals surface area contributed by atoms with Crippen LogP contribution in [0.3, 0.4) is 0 Å². The first-order chi connectivity index (χ1) is 13.1. The van der Waals surface area contributed by atoms with Gasteiger partial charge in [0, 0.05) is 25.7 Å². The normalized spacial score (nSPS) is 22.4. The summed E-state index contributed by atoms with van der Waals surface area (Å²) in [6.07, 6.45) is 0.562. The molecular weight excluding hydrogens is 375 g/mol. The second kappa shape index (κ2) is 7.20. The van der Waals surface area contributed by atoms with Gasteiger partial charge >= 0.3 is 0 Å². The molecule has 27 heavy (non-hydrogen) atoms. The molecule has 6 nitrogen and oxygen atoms in total. The lowest BCUT2D eigenvalue weighted by atomic mass is 10.2. The fraction of sp³-hybridized carbons (Fsp3) is 0.421. The van der Waals surface area contributed by atoms with E-state index in [9.17, 15) is 0 Å². The molecule has 8 heteroatoms. The Bertz CT molecular complexity index is 968. The average Bonchev–Trinajstić information content (AvgIpc) is 3.32. The summed E-state index contributed by atoms with van der Waals surface area (Å²) in [4.78, 5) is 5.01. The molecule has 1 fully saturated rings. The van der Waals surface area contributed by atoms with Crippen molar-refractivity contribution in [1.29, 1.82) is 5.26 Å². The van der Waals surface area contributed by atoms with Crippen molar-refractivity contribution < 1.29 is 0 Å². The molecule has 0 saturated carbocycles. The number of aromatic nitrogens is 2. The molecule has 1 aromatic heterocycles. The van der Waals surface area contributed by atoms with Crippen LogP contribution in [0.15, 0.2) is 35.3 Å². The number of hydrogen-bond acceptors (Lipinski definition) is 4. The van der Waals surface area contributed by atoms with Crippen LogP contribution < -0.4 is 5.30 Å². The zero-order valence-electron chi connectivity index (χ0n) is 15.7. The van der Waals surface area contributed by atoms with Crippen LogP contribution in [0.25, 0.3) is 0 Å². The highest BCUT2D eigenvalue weighted by Crippen LogP contribution is 2.58. The van der Waals surface area contributed by atoms with E-state index in [1.807, 2.05) is 29.8 Å². The molecule has 0 spiro atoms. The Kier molecular flexibility index (Phi) is 4.90. The van der Waals surface area contributed by atoms with E-state index in [-0.39, 0.29) is 0 Å². The summed E-state index contributed by atoms with van der Waals surface area (Å²) in [5.74, 6) is 1.74. The standard InChI is InChI=1S/C19H23N6PS/c1-15-17-19(25(22-15)14-8-11-20)21-18(16-9-4-3-5-10-16)23(2)26(17,27)24-12-6-7-13-24/h3-5,9-10H,6-8,12-14H2,1-2H3/t26-/m0/s1. The van der Waals surface area contributed by atoms with Gasteiger partial charge in [0.1, 0.15) is 12.2 Å². The zero-order chi connectivity index (χ0) is 19.0. The molecule has 0 radical (unpaired) electrons. The largest absolute Gasteiger partial charge is 0.316 e. The molecule has 0 amide bonds. The molecule has 0 N–H and O–H groups in total. The third-order valence-corrected chi connectivity index (χ3v) is 10.5. The van der Waals surface area contributed by atoms with Crippen LogP contribution in [0.5, 0.6) is 0 Å². The highest BCUT2D eigenvalue weighted by molar-refractivity contribution is 8.16. The van der Waals surface area contributed by atoms with Crippen molar-refractivity contribution in [3.05, 3.63) is 41.6 Å². The first kappa shape index (κ1) is 18.4. The number of aliphatic imine (C=N–C) groups is 1. The van der Waals surface area contributed by atoms with Crippen molar-refractivity contribution in [1.82, 2.24) is 19.1 Å². The van der Waals surface area contributed by atoms with E-state index in [1.165, 1.54) is 12.8 Å². The molecule has 2 aromatic rings. The molecule has 0 aliphatic carbocycles. The number of nitriles is 1. The number of nitrogens with zero attached hydrogens (tertiary/aromatic N) is 6. The van der Waals surface area contributed by atoms with Gasteiger partial charge in [0.2, 0.25) is 0 Å². The summed E-state index contributed by atoms with van der Waals surface area (Å²) in [5.41, 5.74) is 2.01. The van der Waals surface area contributed by atoms with Crippen LogP contribution in [0.2, 0.25) is 0 Å². The van der Waals surface area contributed by atoms with Gasteiger partial charge < -0.3 is 4.67 Å². The van der Waals surface area contributed by atoms with Gasteiger partial charge in [0.05, 0.1) is 30.0 Å². The van der Waals surface area contributed by atoms with Crippen molar-refractivity contribution in [3.63, 3.8) is 0 Å². The first-order valence-corrected chi connectivity index (χ1v) is 12.0. The fourth-order valence-electron chi connectivity index (χ4n) is 3.92. The van der Waals surface area contributed by atoms with Gasteiger partial charge in [0.25, 0.3) is 0 Å². The number of aryl methyl sites for hydroxylation is 2. The number of hydrogen-bond donors (Lipinski definition) is 0. The maximum atomic E-state index is 9.03. The summed E-state index contributed by atoms with van der Waals surface area (Å²) in [7, 11) is 2.08. The topological polar surface area (TPSA) is 60.5 Å². The highest BCUT2D eigenvalue weighted by Gasteiger charge is 2.43. The van der Waals surface area contributed by atoms with Crippen molar-refractivity contribution in [2.75, 3.05) is 20.1 Å². The summed E-state index contributed by atoms with van der Waals surface area (Å²) in [6.45, 7) is 4.60. The van der Waals surface area contributed by atoms with E-state index in [0.717, 1.165) is 41.3 Å². The van der Waals surface area contributed by atoms with Gasteiger partial charge in [-0.05, 0) is 19.8 Å². The molecular formula is C19H23N6PS. The number of benzene rings is 1. The Balaban J connectivity index is 1.94. The molecule has 2 aliphatic heterocycles. The smallest absolute Gasteiger partial charge is 0.164 e. The van der Waals surface area contributed by atoms with Gasteiger partial charge in [-0.2, -0.15) is 10.4 Å². The van der Waals surface area contributed by atoms with Gasteiger partial charge in [-0.15, -0.1) is 0 Å². The summed E-state index contributed by atoms with van der Waals surface area (Å²) in [5, 5.41) is 14.9. The molecule has 4 rings (SSSR count). The predicted molar refractivity (Wildman–Crippen MR) is 112 cm³/mol.